The van der Waals surface area contributed by atoms with Crippen molar-refractivity contribution in [1.82, 2.24) is 4.90 Å². The summed E-state index contributed by atoms with van der Waals surface area (Å²) in [6, 6.07) is 12.6. The molecular weight excluding hydrogens is 318 g/mol. The van der Waals surface area contributed by atoms with E-state index in [1.807, 2.05) is 23.6 Å². The molecule has 0 fully saturated rings. The lowest BCUT2D eigenvalue weighted by Crippen LogP contribution is -2.28. The molecule has 4 rings (SSSR count). The van der Waals surface area contributed by atoms with Crippen molar-refractivity contribution in [3.05, 3.63) is 69.6 Å². The highest BCUT2D eigenvalue weighted by Crippen LogP contribution is 2.31. The first-order chi connectivity index (χ1) is 10.6. The van der Waals surface area contributed by atoms with Crippen LogP contribution in [0.2, 0.25) is 5.02 Å². The Morgan fingerprint density at radius 2 is 1.68 bits per heavy atom. The molecule has 5 heteroatoms. The van der Waals surface area contributed by atoms with Crippen LogP contribution >= 0.6 is 22.9 Å². The summed E-state index contributed by atoms with van der Waals surface area (Å²) in [6.45, 7) is 0.271. The fourth-order valence-corrected chi connectivity index (χ4v) is 3.84. The van der Waals surface area contributed by atoms with Crippen LogP contribution in [0.25, 0.3) is 10.1 Å². The molecule has 0 bridgehead atoms. The molecule has 0 unspecified atom stereocenters. The van der Waals surface area contributed by atoms with Gasteiger partial charge in [0.25, 0.3) is 11.8 Å². The van der Waals surface area contributed by atoms with Gasteiger partial charge in [-0.2, -0.15) is 0 Å². The van der Waals surface area contributed by atoms with E-state index in [0.717, 1.165) is 15.6 Å². The number of hydrogen-bond donors (Lipinski definition) is 0. The predicted molar refractivity (Wildman–Crippen MR) is 87.5 cm³/mol. The second kappa shape index (κ2) is 4.93. The number of fused-ring (bicyclic) bond motifs is 2. The van der Waals surface area contributed by atoms with Gasteiger partial charge >= 0.3 is 0 Å². The van der Waals surface area contributed by atoms with Crippen LogP contribution < -0.4 is 0 Å². The van der Waals surface area contributed by atoms with Gasteiger partial charge in [0.1, 0.15) is 0 Å². The first kappa shape index (κ1) is 13.5. The van der Waals surface area contributed by atoms with Crippen LogP contribution in [0.15, 0.2) is 47.8 Å². The second-order valence-corrected chi connectivity index (χ2v) is 6.49. The summed E-state index contributed by atoms with van der Waals surface area (Å²) >= 11 is 7.64. The number of thiophene rings is 1. The zero-order valence-corrected chi connectivity index (χ0v) is 12.9. The largest absolute Gasteiger partial charge is 0.270 e. The Kier molecular flexibility index (Phi) is 3.03. The van der Waals surface area contributed by atoms with Crippen molar-refractivity contribution < 1.29 is 9.59 Å². The molecule has 1 aliphatic heterocycles. The average molecular weight is 328 g/mol. The zero-order valence-electron chi connectivity index (χ0n) is 11.4. The van der Waals surface area contributed by atoms with Gasteiger partial charge in [0.2, 0.25) is 0 Å². The summed E-state index contributed by atoms with van der Waals surface area (Å²) in [5.41, 5.74) is 1.90. The Morgan fingerprint density at radius 3 is 2.36 bits per heavy atom. The van der Waals surface area contributed by atoms with Crippen molar-refractivity contribution in [2.75, 3.05) is 0 Å². The maximum absolute atomic E-state index is 12.4. The van der Waals surface area contributed by atoms with Gasteiger partial charge in [-0.15, -0.1) is 11.3 Å². The monoisotopic (exact) mass is 327 g/mol. The molecule has 22 heavy (non-hydrogen) atoms. The average Bonchev–Trinajstić information content (AvgIpc) is 3.03. The molecule has 3 nitrogen and oxygen atoms in total. The molecule has 1 aromatic heterocycles. The molecule has 0 saturated carbocycles. The topological polar surface area (TPSA) is 37.4 Å². The lowest BCUT2D eigenvalue weighted by Gasteiger charge is -2.13. The van der Waals surface area contributed by atoms with E-state index >= 15 is 0 Å². The van der Waals surface area contributed by atoms with Gasteiger partial charge in [0, 0.05) is 9.72 Å². The van der Waals surface area contributed by atoms with Crippen LogP contribution in [-0.2, 0) is 6.54 Å². The van der Waals surface area contributed by atoms with E-state index in [9.17, 15) is 9.59 Å². The van der Waals surface area contributed by atoms with E-state index in [0.29, 0.717) is 16.1 Å². The number of amides is 2. The molecule has 0 N–H and O–H groups in total. The van der Waals surface area contributed by atoms with Gasteiger partial charge in [-0.3, -0.25) is 14.5 Å². The van der Waals surface area contributed by atoms with E-state index in [4.69, 9.17) is 11.6 Å². The molecule has 1 aliphatic rings. The third-order valence-corrected chi connectivity index (χ3v) is 5.07. The number of nitrogens with zero attached hydrogens (tertiary/aromatic N) is 1. The maximum Gasteiger partial charge on any atom is 0.261 e. The molecule has 2 heterocycles. The Bertz CT molecular complexity index is 896. The van der Waals surface area contributed by atoms with Crippen molar-refractivity contribution in [1.29, 1.82) is 0 Å². The lowest BCUT2D eigenvalue weighted by molar-refractivity contribution is 0.0643. The predicted octanol–water partition coefficient (Wildman–Crippen LogP) is 4.35. The first-order valence-electron chi connectivity index (χ1n) is 6.76. The Balaban J connectivity index is 1.74. The van der Waals surface area contributed by atoms with E-state index in [-0.39, 0.29) is 18.4 Å². The van der Waals surface area contributed by atoms with E-state index < -0.39 is 0 Å². The summed E-state index contributed by atoms with van der Waals surface area (Å²) in [6.07, 6.45) is 0. The van der Waals surface area contributed by atoms with Crippen molar-refractivity contribution in [3.63, 3.8) is 0 Å². The minimum Gasteiger partial charge on any atom is -0.270 e. The van der Waals surface area contributed by atoms with E-state index in [2.05, 4.69) is 0 Å². The molecule has 0 aliphatic carbocycles. The summed E-state index contributed by atoms with van der Waals surface area (Å²) < 4.78 is 1.09. The summed E-state index contributed by atoms with van der Waals surface area (Å²) in [4.78, 5) is 26.1. The van der Waals surface area contributed by atoms with Crippen LogP contribution in [-0.4, -0.2) is 16.7 Å². The van der Waals surface area contributed by atoms with Crippen LogP contribution in [0.4, 0.5) is 0 Å². The van der Waals surface area contributed by atoms with Crippen molar-refractivity contribution in [2.24, 2.45) is 0 Å². The van der Waals surface area contributed by atoms with Crippen molar-refractivity contribution >= 4 is 44.8 Å². The zero-order chi connectivity index (χ0) is 15.3. The normalized spacial score (nSPS) is 14.0. The number of carbonyl (C=O) groups is 2. The van der Waals surface area contributed by atoms with Crippen LogP contribution in [0, 0.1) is 0 Å². The molecule has 0 atom stereocenters. The quantitative estimate of drug-likeness (QED) is 0.656. The second-order valence-electron chi connectivity index (χ2n) is 5.14. The number of benzene rings is 2. The third-order valence-electron chi connectivity index (χ3n) is 3.82. The van der Waals surface area contributed by atoms with Crippen LogP contribution in [0.1, 0.15) is 26.3 Å². The Hall–Kier alpha value is -2.17. The SMILES string of the molecule is O=C1c2ccccc2C(=O)N1Cc1csc2ccc(Cl)cc12. The van der Waals surface area contributed by atoms with Crippen LogP contribution in [0.5, 0.6) is 0 Å². The smallest absolute Gasteiger partial charge is 0.261 e. The minimum atomic E-state index is -0.234. The molecule has 3 aromatic rings. The van der Waals surface area contributed by atoms with Gasteiger partial charge in [-0.1, -0.05) is 23.7 Å². The highest BCUT2D eigenvalue weighted by molar-refractivity contribution is 7.17. The standard InChI is InChI=1S/C17H10ClNO2S/c18-11-5-6-15-14(7-11)10(9-22-15)8-19-16(20)12-3-1-2-4-13(12)17(19)21/h1-7,9H,8H2. The number of rotatable bonds is 2. The van der Waals surface area contributed by atoms with Crippen LogP contribution in [0.3, 0.4) is 0 Å². The molecule has 0 saturated heterocycles. The van der Waals surface area contributed by atoms with Gasteiger partial charge in [-0.25, -0.2) is 0 Å². The Morgan fingerprint density at radius 1 is 1.00 bits per heavy atom. The fourth-order valence-electron chi connectivity index (χ4n) is 2.73. The minimum absolute atomic E-state index is 0.234. The van der Waals surface area contributed by atoms with Crippen molar-refractivity contribution in [2.45, 2.75) is 6.54 Å². The highest BCUT2D eigenvalue weighted by Gasteiger charge is 2.35. The number of hydrogen-bond acceptors (Lipinski definition) is 3. The Labute approximate surface area is 135 Å². The number of halogens is 1. The van der Waals surface area contributed by atoms with Crippen molar-refractivity contribution in [3.8, 4) is 0 Å². The van der Waals surface area contributed by atoms with E-state index in [1.54, 1.807) is 35.6 Å². The summed E-state index contributed by atoms with van der Waals surface area (Å²) in [7, 11) is 0. The highest BCUT2D eigenvalue weighted by atomic mass is 35.5. The molecule has 0 radical (unpaired) electrons. The first-order valence-corrected chi connectivity index (χ1v) is 8.02. The molecule has 0 spiro atoms. The maximum atomic E-state index is 12.4. The van der Waals surface area contributed by atoms with Gasteiger partial charge in [0.05, 0.1) is 17.7 Å². The number of imide groups is 1. The number of carbonyl (C=O) groups excluding carboxylic acids is 2. The van der Waals surface area contributed by atoms with Gasteiger partial charge in [0.15, 0.2) is 0 Å². The van der Waals surface area contributed by atoms with Gasteiger partial charge < -0.3 is 0 Å². The third kappa shape index (κ3) is 1.95. The van der Waals surface area contributed by atoms with E-state index in [1.165, 1.54) is 4.90 Å². The van der Waals surface area contributed by atoms with Gasteiger partial charge in [-0.05, 0) is 46.7 Å². The lowest BCUT2D eigenvalue weighted by atomic mass is 10.1. The summed E-state index contributed by atoms with van der Waals surface area (Å²) in [5, 5.41) is 3.62. The fraction of sp³-hybridized carbons (Fsp3) is 0.0588. The molecule has 2 amide bonds. The summed E-state index contributed by atoms with van der Waals surface area (Å²) in [5.74, 6) is -0.469. The molecule has 108 valence electrons. The molecule has 2 aromatic carbocycles. The molecular formula is C17H10ClNO2S.